The Bertz CT molecular complexity index is 979. The van der Waals surface area contributed by atoms with E-state index in [1.165, 1.54) is 6.33 Å². The Hall–Kier alpha value is -1.95. The maximum absolute atomic E-state index is 6.03. The van der Waals surface area contributed by atoms with E-state index in [0.29, 0.717) is 15.9 Å². The summed E-state index contributed by atoms with van der Waals surface area (Å²) in [6.45, 7) is 0. The van der Waals surface area contributed by atoms with Crippen LogP contribution in [0.15, 0.2) is 42.9 Å². The maximum atomic E-state index is 6.03. The Morgan fingerprint density at radius 3 is 2.64 bits per heavy atom. The molecule has 108 valence electrons. The monoisotopic (exact) mass is 346 g/mol. The van der Waals surface area contributed by atoms with Crippen molar-refractivity contribution in [3.05, 3.63) is 52.9 Å². The van der Waals surface area contributed by atoms with Crippen molar-refractivity contribution in [2.75, 3.05) is 5.32 Å². The van der Waals surface area contributed by atoms with Crippen LogP contribution in [-0.2, 0) is 0 Å². The lowest BCUT2D eigenvalue weighted by atomic mass is 10.3. The highest BCUT2D eigenvalue weighted by atomic mass is 35.5. The number of fused-ring (bicyclic) bond motifs is 3. The summed E-state index contributed by atoms with van der Waals surface area (Å²) in [6.07, 6.45) is 3.31. The first-order chi connectivity index (χ1) is 10.7. The fourth-order valence-electron chi connectivity index (χ4n) is 2.26. The molecule has 4 rings (SSSR count). The minimum atomic E-state index is 0.568. The van der Waals surface area contributed by atoms with Crippen molar-refractivity contribution in [2.24, 2.45) is 0 Å². The average molecular weight is 347 g/mol. The van der Waals surface area contributed by atoms with E-state index in [0.717, 1.165) is 26.1 Å². The molecule has 4 aromatic rings. The topological polar surface area (TPSA) is 50.7 Å². The quantitative estimate of drug-likeness (QED) is 0.535. The molecule has 1 N–H and O–H groups in total. The third-order valence-electron chi connectivity index (χ3n) is 3.15. The first kappa shape index (κ1) is 13.7. The van der Waals surface area contributed by atoms with Crippen LogP contribution in [0.4, 0.5) is 11.5 Å². The molecule has 0 aliphatic rings. The predicted molar refractivity (Wildman–Crippen MR) is 92.5 cm³/mol. The van der Waals surface area contributed by atoms with Crippen molar-refractivity contribution in [3.8, 4) is 0 Å². The highest BCUT2D eigenvalue weighted by Gasteiger charge is 2.12. The molecule has 0 fully saturated rings. The number of benzene rings is 1. The van der Waals surface area contributed by atoms with Gasteiger partial charge in [0.1, 0.15) is 11.2 Å². The molecule has 0 saturated carbocycles. The fraction of sp³-hybridized carbons (Fsp3) is 0. The van der Waals surface area contributed by atoms with Crippen molar-refractivity contribution in [1.29, 1.82) is 0 Å². The molecule has 3 heterocycles. The largest absolute Gasteiger partial charge is 0.339 e. The van der Waals surface area contributed by atoms with Crippen molar-refractivity contribution in [3.63, 3.8) is 0 Å². The normalized spacial score (nSPS) is 11.2. The van der Waals surface area contributed by atoms with Crippen LogP contribution in [-0.4, -0.2) is 15.0 Å². The van der Waals surface area contributed by atoms with Crippen molar-refractivity contribution >= 4 is 66.5 Å². The summed E-state index contributed by atoms with van der Waals surface area (Å²) in [5.41, 5.74) is 1.67. The summed E-state index contributed by atoms with van der Waals surface area (Å²) in [5, 5.41) is 5.41. The molecule has 0 amide bonds. The van der Waals surface area contributed by atoms with Gasteiger partial charge in [-0.15, -0.1) is 11.3 Å². The number of nitrogens with one attached hydrogen (secondary N) is 1. The molecule has 0 spiro atoms. The lowest BCUT2D eigenvalue weighted by Crippen LogP contribution is -1.94. The van der Waals surface area contributed by atoms with Gasteiger partial charge in [-0.2, -0.15) is 0 Å². The standard InChI is InChI=1S/C15H8Cl2N4S/c16-8-4-9(17)6-10(5-8)21-14-13-12(19-7-20-14)11-2-1-3-18-15(11)22-13/h1-7H,(H,19,20,21). The highest BCUT2D eigenvalue weighted by Crippen LogP contribution is 2.36. The Labute approximate surface area is 139 Å². The second kappa shape index (κ2) is 5.35. The van der Waals surface area contributed by atoms with Gasteiger partial charge in [0.2, 0.25) is 0 Å². The van der Waals surface area contributed by atoms with Gasteiger partial charge in [-0.05, 0) is 30.3 Å². The summed E-state index contributed by atoms with van der Waals surface area (Å²) < 4.78 is 0.951. The highest BCUT2D eigenvalue weighted by molar-refractivity contribution is 7.25. The van der Waals surface area contributed by atoms with Gasteiger partial charge in [0.15, 0.2) is 5.82 Å². The second-order valence-electron chi connectivity index (χ2n) is 4.64. The molecular formula is C15H8Cl2N4S. The Balaban J connectivity index is 1.88. The molecule has 0 bridgehead atoms. The number of pyridine rings is 1. The third kappa shape index (κ3) is 2.37. The van der Waals surface area contributed by atoms with Gasteiger partial charge in [0.05, 0.1) is 10.2 Å². The van der Waals surface area contributed by atoms with Crippen LogP contribution in [0.1, 0.15) is 0 Å². The number of thiophene rings is 1. The molecule has 0 unspecified atom stereocenters. The van der Waals surface area contributed by atoms with Crippen LogP contribution in [0.3, 0.4) is 0 Å². The van der Waals surface area contributed by atoms with E-state index in [2.05, 4.69) is 20.3 Å². The van der Waals surface area contributed by atoms with E-state index in [4.69, 9.17) is 23.2 Å². The summed E-state index contributed by atoms with van der Waals surface area (Å²) in [5.74, 6) is 0.714. The summed E-state index contributed by atoms with van der Waals surface area (Å²) in [6, 6.07) is 9.20. The van der Waals surface area contributed by atoms with E-state index in [1.54, 1.807) is 35.7 Å². The molecule has 0 radical (unpaired) electrons. The first-order valence-corrected chi connectivity index (χ1v) is 7.99. The van der Waals surface area contributed by atoms with Gasteiger partial charge in [0.25, 0.3) is 0 Å². The molecule has 7 heteroatoms. The number of hydrogen-bond acceptors (Lipinski definition) is 5. The van der Waals surface area contributed by atoms with Crippen LogP contribution in [0.2, 0.25) is 10.0 Å². The van der Waals surface area contributed by atoms with E-state index in [9.17, 15) is 0 Å². The van der Waals surface area contributed by atoms with Gasteiger partial charge < -0.3 is 5.32 Å². The van der Waals surface area contributed by atoms with Gasteiger partial charge in [-0.3, -0.25) is 0 Å². The van der Waals surface area contributed by atoms with Crippen LogP contribution < -0.4 is 5.32 Å². The van der Waals surface area contributed by atoms with Gasteiger partial charge in [-0.1, -0.05) is 23.2 Å². The lowest BCUT2D eigenvalue weighted by molar-refractivity contribution is 1.23. The zero-order valence-corrected chi connectivity index (χ0v) is 13.4. The first-order valence-electron chi connectivity index (χ1n) is 6.42. The molecule has 1 aromatic carbocycles. The number of halogens is 2. The average Bonchev–Trinajstić information content (AvgIpc) is 2.86. The molecule has 3 aromatic heterocycles. The number of hydrogen-bond donors (Lipinski definition) is 1. The number of rotatable bonds is 2. The minimum Gasteiger partial charge on any atom is -0.339 e. The van der Waals surface area contributed by atoms with Crippen LogP contribution in [0.5, 0.6) is 0 Å². The van der Waals surface area contributed by atoms with E-state index >= 15 is 0 Å². The van der Waals surface area contributed by atoms with Gasteiger partial charge in [0, 0.05) is 27.3 Å². The van der Waals surface area contributed by atoms with Crippen LogP contribution in [0.25, 0.3) is 20.4 Å². The lowest BCUT2D eigenvalue weighted by Gasteiger charge is -2.07. The number of nitrogens with zero attached hydrogens (tertiary/aromatic N) is 3. The second-order valence-corrected chi connectivity index (χ2v) is 6.51. The van der Waals surface area contributed by atoms with Crippen molar-refractivity contribution in [1.82, 2.24) is 15.0 Å². The zero-order valence-electron chi connectivity index (χ0n) is 11.0. The molecule has 0 saturated heterocycles. The molecule has 4 nitrogen and oxygen atoms in total. The van der Waals surface area contributed by atoms with E-state index in [-0.39, 0.29) is 0 Å². The Morgan fingerprint density at radius 2 is 1.82 bits per heavy atom. The summed E-state index contributed by atoms with van der Waals surface area (Å²) in [4.78, 5) is 14.0. The Kier molecular flexibility index (Phi) is 3.33. The predicted octanol–water partition coefficient (Wildman–Crippen LogP) is 5.29. The summed E-state index contributed by atoms with van der Waals surface area (Å²) >= 11 is 13.6. The third-order valence-corrected chi connectivity index (χ3v) is 4.70. The summed E-state index contributed by atoms with van der Waals surface area (Å²) in [7, 11) is 0. The molecule has 0 atom stereocenters. The smallest absolute Gasteiger partial charge is 0.151 e. The number of anilines is 2. The van der Waals surface area contributed by atoms with Crippen LogP contribution in [0, 0.1) is 0 Å². The number of aromatic nitrogens is 3. The Morgan fingerprint density at radius 1 is 1.00 bits per heavy atom. The van der Waals surface area contributed by atoms with E-state index in [1.807, 2.05) is 12.1 Å². The zero-order chi connectivity index (χ0) is 15.1. The maximum Gasteiger partial charge on any atom is 0.151 e. The van der Waals surface area contributed by atoms with E-state index < -0.39 is 0 Å². The van der Waals surface area contributed by atoms with Crippen molar-refractivity contribution in [2.45, 2.75) is 0 Å². The van der Waals surface area contributed by atoms with Gasteiger partial charge in [-0.25, -0.2) is 15.0 Å². The molecule has 22 heavy (non-hydrogen) atoms. The van der Waals surface area contributed by atoms with Crippen LogP contribution >= 0.6 is 34.5 Å². The molecule has 0 aliphatic heterocycles. The minimum absolute atomic E-state index is 0.568. The van der Waals surface area contributed by atoms with Crippen molar-refractivity contribution < 1.29 is 0 Å². The fourth-order valence-corrected chi connectivity index (χ4v) is 3.83. The molecule has 0 aliphatic carbocycles. The van der Waals surface area contributed by atoms with Gasteiger partial charge >= 0.3 is 0 Å². The SMILES string of the molecule is Clc1cc(Cl)cc(Nc2ncnc3c2sc2ncccc23)c1. The molecular weight excluding hydrogens is 339 g/mol.